The third kappa shape index (κ3) is 7.61. The first kappa shape index (κ1) is 24.3. The van der Waals surface area contributed by atoms with Crippen molar-refractivity contribution in [3.63, 3.8) is 0 Å². The second-order valence-corrected chi connectivity index (χ2v) is 8.97. The summed E-state index contributed by atoms with van der Waals surface area (Å²) in [4.78, 5) is 37.2. The first-order valence-electron chi connectivity index (χ1n) is 10.7. The highest BCUT2D eigenvalue weighted by Crippen LogP contribution is 2.22. The average molecular weight is 462 g/mol. The first-order chi connectivity index (χ1) is 15.9. The number of ether oxygens (including phenoxy) is 1. The summed E-state index contributed by atoms with van der Waals surface area (Å²) in [5.41, 5.74) is 3.68. The second kappa shape index (κ2) is 12.0. The Kier molecular flexibility index (Phi) is 8.84. The molecule has 0 radical (unpaired) electrons. The van der Waals surface area contributed by atoms with Crippen LogP contribution >= 0.6 is 11.8 Å². The number of benzene rings is 3. The zero-order valence-corrected chi connectivity index (χ0v) is 19.6. The van der Waals surface area contributed by atoms with Gasteiger partial charge in [-0.3, -0.25) is 9.59 Å². The van der Waals surface area contributed by atoms with Crippen LogP contribution in [0.3, 0.4) is 0 Å². The zero-order valence-electron chi connectivity index (χ0n) is 18.7. The van der Waals surface area contributed by atoms with Gasteiger partial charge in [0.25, 0.3) is 0 Å². The summed E-state index contributed by atoms with van der Waals surface area (Å²) < 4.78 is 5.41. The highest BCUT2D eigenvalue weighted by molar-refractivity contribution is 8.13. The van der Waals surface area contributed by atoms with Gasteiger partial charge >= 0.3 is 5.97 Å². The Morgan fingerprint density at radius 3 is 2.18 bits per heavy atom. The maximum atomic E-state index is 13.1. The number of nitrogens with one attached hydrogen (secondary N) is 1. The fourth-order valence-electron chi connectivity index (χ4n) is 3.27. The normalized spacial score (nSPS) is 11.5. The van der Waals surface area contributed by atoms with Crippen LogP contribution in [0.1, 0.15) is 34.0 Å². The lowest BCUT2D eigenvalue weighted by molar-refractivity contribution is -0.119. The Morgan fingerprint density at radius 2 is 1.55 bits per heavy atom. The molecule has 0 aliphatic rings. The number of esters is 1. The molecule has 33 heavy (non-hydrogen) atoms. The molecular weight excluding hydrogens is 434 g/mol. The molecule has 0 fully saturated rings. The van der Waals surface area contributed by atoms with Gasteiger partial charge in [0.15, 0.2) is 5.12 Å². The Labute approximate surface area is 198 Å². The van der Waals surface area contributed by atoms with Crippen LogP contribution in [0.4, 0.5) is 5.69 Å². The van der Waals surface area contributed by atoms with E-state index in [1.165, 1.54) is 6.92 Å². The van der Waals surface area contributed by atoms with Crippen molar-refractivity contribution in [1.82, 2.24) is 0 Å². The maximum Gasteiger partial charge on any atom is 0.338 e. The molecule has 0 spiro atoms. The van der Waals surface area contributed by atoms with Crippen LogP contribution in [0.2, 0.25) is 0 Å². The summed E-state index contributed by atoms with van der Waals surface area (Å²) in [5.74, 6) is -0.657. The quantitative estimate of drug-likeness (QED) is 0.430. The third-order valence-electron chi connectivity index (χ3n) is 5.13. The van der Waals surface area contributed by atoms with E-state index < -0.39 is 11.9 Å². The molecular formula is C27H27NO4S. The predicted octanol–water partition coefficient (Wildman–Crippen LogP) is 5.43. The van der Waals surface area contributed by atoms with Crippen LogP contribution in [0.15, 0.2) is 78.9 Å². The van der Waals surface area contributed by atoms with Crippen molar-refractivity contribution in [2.24, 2.45) is 5.92 Å². The van der Waals surface area contributed by atoms with Gasteiger partial charge < -0.3 is 10.1 Å². The number of hydrogen-bond acceptors (Lipinski definition) is 5. The topological polar surface area (TPSA) is 72.5 Å². The molecule has 0 saturated heterocycles. The van der Waals surface area contributed by atoms with Gasteiger partial charge in [-0.2, -0.15) is 0 Å². The van der Waals surface area contributed by atoms with Gasteiger partial charge in [0.1, 0.15) is 6.61 Å². The molecule has 3 aromatic rings. The van der Waals surface area contributed by atoms with Crippen molar-refractivity contribution < 1.29 is 19.1 Å². The molecule has 0 bridgehead atoms. The van der Waals surface area contributed by atoms with Gasteiger partial charge in [-0.1, -0.05) is 78.5 Å². The highest BCUT2D eigenvalue weighted by atomic mass is 32.2. The maximum absolute atomic E-state index is 13.1. The van der Waals surface area contributed by atoms with E-state index in [0.717, 1.165) is 28.5 Å². The van der Waals surface area contributed by atoms with E-state index in [0.29, 0.717) is 23.4 Å². The number of anilines is 1. The number of amides is 1. The Balaban J connectivity index is 1.70. The minimum absolute atomic E-state index is 0.0276. The zero-order chi connectivity index (χ0) is 23.6. The van der Waals surface area contributed by atoms with Crippen molar-refractivity contribution in [3.8, 4) is 0 Å². The summed E-state index contributed by atoms with van der Waals surface area (Å²) in [6, 6.07) is 24.3. The van der Waals surface area contributed by atoms with Gasteiger partial charge in [0.05, 0.1) is 11.5 Å². The van der Waals surface area contributed by atoms with E-state index in [-0.39, 0.29) is 17.6 Å². The standard InChI is InChI=1S/C27H27NO4S/c1-19-13-14-23(27(31)32-17-22-11-7-4-8-12-22)16-25(19)28-26(30)24(18-33-20(2)29)15-21-9-5-3-6-10-21/h3-14,16,24H,15,17-18H2,1-2H3,(H,28,30). The molecule has 1 unspecified atom stereocenters. The number of carbonyl (C=O) groups excluding carboxylic acids is 3. The molecule has 0 heterocycles. The van der Waals surface area contributed by atoms with Gasteiger partial charge in [-0.05, 0) is 42.2 Å². The molecule has 170 valence electrons. The van der Waals surface area contributed by atoms with E-state index in [1.807, 2.05) is 67.6 Å². The lowest BCUT2D eigenvalue weighted by atomic mass is 9.99. The van der Waals surface area contributed by atoms with E-state index in [4.69, 9.17) is 4.74 Å². The SMILES string of the molecule is CC(=O)SCC(Cc1ccccc1)C(=O)Nc1cc(C(=O)OCc2ccccc2)ccc1C. The van der Waals surface area contributed by atoms with Crippen LogP contribution in [0.5, 0.6) is 0 Å². The summed E-state index contributed by atoms with van der Waals surface area (Å²) >= 11 is 1.14. The summed E-state index contributed by atoms with van der Waals surface area (Å²) in [7, 11) is 0. The van der Waals surface area contributed by atoms with Gasteiger partial charge in [0, 0.05) is 18.4 Å². The number of hydrogen-bond donors (Lipinski definition) is 1. The van der Waals surface area contributed by atoms with Crippen LogP contribution in [-0.4, -0.2) is 22.7 Å². The third-order valence-corrected chi connectivity index (χ3v) is 6.10. The van der Waals surface area contributed by atoms with Crippen molar-refractivity contribution in [1.29, 1.82) is 0 Å². The fourth-order valence-corrected chi connectivity index (χ4v) is 3.97. The lowest BCUT2D eigenvalue weighted by Crippen LogP contribution is -2.27. The monoisotopic (exact) mass is 461 g/mol. The lowest BCUT2D eigenvalue weighted by Gasteiger charge is -2.18. The van der Waals surface area contributed by atoms with E-state index >= 15 is 0 Å². The molecule has 6 heteroatoms. The number of aryl methyl sites for hydroxylation is 1. The molecule has 5 nitrogen and oxygen atoms in total. The number of thioether (sulfide) groups is 1. The van der Waals surface area contributed by atoms with Gasteiger partial charge in [-0.25, -0.2) is 4.79 Å². The molecule has 1 amide bonds. The second-order valence-electron chi connectivity index (χ2n) is 7.77. The van der Waals surface area contributed by atoms with Crippen LogP contribution < -0.4 is 5.32 Å². The molecule has 3 aromatic carbocycles. The van der Waals surface area contributed by atoms with Gasteiger partial charge in [0.2, 0.25) is 5.91 Å². The summed E-state index contributed by atoms with van der Waals surface area (Å²) in [6.07, 6.45) is 0.519. The van der Waals surface area contributed by atoms with Crippen LogP contribution in [0, 0.1) is 12.8 Å². The molecule has 3 rings (SSSR count). The minimum Gasteiger partial charge on any atom is -0.457 e. The highest BCUT2D eigenvalue weighted by Gasteiger charge is 2.21. The molecule has 0 aliphatic heterocycles. The van der Waals surface area contributed by atoms with Crippen molar-refractivity contribution in [2.45, 2.75) is 26.9 Å². The first-order valence-corrected chi connectivity index (χ1v) is 11.7. The largest absolute Gasteiger partial charge is 0.457 e. The van der Waals surface area contributed by atoms with Crippen LogP contribution in [-0.2, 0) is 27.4 Å². The number of carbonyl (C=O) groups is 3. The smallest absolute Gasteiger partial charge is 0.338 e. The van der Waals surface area contributed by atoms with Crippen molar-refractivity contribution in [2.75, 3.05) is 11.1 Å². The molecule has 1 atom stereocenters. The average Bonchev–Trinajstić information content (AvgIpc) is 2.82. The Bertz CT molecular complexity index is 1100. The minimum atomic E-state index is -0.456. The fraction of sp³-hybridized carbons (Fsp3) is 0.222. The van der Waals surface area contributed by atoms with E-state index in [9.17, 15) is 14.4 Å². The Morgan fingerprint density at radius 1 is 0.909 bits per heavy atom. The Hall–Kier alpha value is -3.38. The molecule has 0 saturated carbocycles. The van der Waals surface area contributed by atoms with E-state index in [1.54, 1.807) is 18.2 Å². The molecule has 1 N–H and O–H groups in total. The predicted molar refractivity (Wildman–Crippen MR) is 132 cm³/mol. The number of rotatable bonds is 9. The van der Waals surface area contributed by atoms with Gasteiger partial charge in [-0.15, -0.1) is 0 Å². The van der Waals surface area contributed by atoms with Crippen LogP contribution in [0.25, 0.3) is 0 Å². The molecule has 0 aliphatic carbocycles. The summed E-state index contributed by atoms with van der Waals surface area (Å²) in [5, 5.41) is 2.92. The van der Waals surface area contributed by atoms with E-state index in [2.05, 4.69) is 5.32 Å². The van der Waals surface area contributed by atoms with Crippen molar-refractivity contribution in [3.05, 3.63) is 101 Å². The summed E-state index contributed by atoms with van der Waals surface area (Å²) in [6.45, 7) is 3.54. The van der Waals surface area contributed by atoms with Crippen molar-refractivity contribution >= 4 is 34.4 Å². The molecule has 0 aromatic heterocycles.